The molecule has 2 aromatic rings. The van der Waals surface area contributed by atoms with Crippen LogP contribution in [0.3, 0.4) is 0 Å². The fraction of sp³-hybridized carbons (Fsp3) is 0.286. The zero-order valence-electron chi connectivity index (χ0n) is 9.82. The van der Waals surface area contributed by atoms with Gasteiger partial charge in [-0.05, 0) is 49.2 Å². The van der Waals surface area contributed by atoms with Crippen molar-refractivity contribution in [1.29, 1.82) is 0 Å². The van der Waals surface area contributed by atoms with E-state index in [2.05, 4.69) is 22.8 Å². The highest BCUT2D eigenvalue weighted by molar-refractivity contribution is 7.10. The summed E-state index contributed by atoms with van der Waals surface area (Å²) in [6.45, 7) is 0.958. The smallest absolute Gasteiger partial charge is 0.123 e. The largest absolute Gasteiger partial charge is 0.320 e. The van der Waals surface area contributed by atoms with E-state index >= 15 is 0 Å². The van der Waals surface area contributed by atoms with Crippen LogP contribution in [-0.4, -0.2) is 13.6 Å². The van der Waals surface area contributed by atoms with Gasteiger partial charge in [-0.1, -0.05) is 18.2 Å². The molecule has 0 amide bonds. The second-order valence-electron chi connectivity index (χ2n) is 4.01. The lowest BCUT2D eigenvalue weighted by Crippen LogP contribution is -2.12. The molecule has 0 aliphatic rings. The van der Waals surface area contributed by atoms with Crippen molar-refractivity contribution in [2.75, 3.05) is 13.6 Å². The zero-order chi connectivity index (χ0) is 12.1. The Balaban J connectivity index is 2.23. The molecule has 0 saturated carbocycles. The highest BCUT2D eigenvalue weighted by Crippen LogP contribution is 2.30. The third kappa shape index (κ3) is 3.14. The van der Waals surface area contributed by atoms with Crippen LogP contribution in [0.2, 0.25) is 0 Å². The van der Waals surface area contributed by atoms with Crippen LogP contribution in [0.5, 0.6) is 0 Å². The predicted octanol–water partition coefficient (Wildman–Crippen LogP) is 3.63. The average Bonchev–Trinajstić information content (AvgIpc) is 2.85. The van der Waals surface area contributed by atoms with Gasteiger partial charge in [0.1, 0.15) is 5.82 Å². The van der Waals surface area contributed by atoms with Gasteiger partial charge in [0.15, 0.2) is 0 Å². The lowest BCUT2D eigenvalue weighted by molar-refractivity contribution is 0.623. The SMILES string of the molecule is CNCCC(c1ccc(F)cc1)c1cccs1. The molecule has 0 spiro atoms. The molecule has 1 N–H and O–H groups in total. The molecule has 1 unspecified atom stereocenters. The van der Waals surface area contributed by atoms with Crippen LogP contribution >= 0.6 is 11.3 Å². The Morgan fingerprint density at radius 1 is 1.24 bits per heavy atom. The van der Waals surface area contributed by atoms with Crippen LogP contribution in [0.1, 0.15) is 22.8 Å². The number of rotatable bonds is 5. The molecule has 1 aromatic carbocycles. The van der Waals surface area contributed by atoms with Gasteiger partial charge in [0.2, 0.25) is 0 Å². The molecule has 1 heterocycles. The summed E-state index contributed by atoms with van der Waals surface area (Å²) in [7, 11) is 1.95. The van der Waals surface area contributed by atoms with E-state index in [1.54, 1.807) is 11.3 Å². The quantitative estimate of drug-likeness (QED) is 0.853. The molecule has 0 fully saturated rings. The topological polar surface area (TPSA) is 12.0 Å². The third-order valence-corrected chi connectivity index (χ3v) is 3.83. The van der Waals surface area contributed by atoms with E-state index in [9.17, 15) is 4.39 Å². The zero-order valence-corrected chi connectivity index (χ0v) is 10.6. The molecule has 0 aliphatic heterocycles. The summed E-state index contributed by atoms with van der Waals surface area (Å²) in [5.74, 6) is 0.190. The molecule has 1 nitrogen and oxygen atoms in total. The Morgan fingerprint density at radius 2 is 2.00 bits per heavy atom. The van der Waals surface area contributed by atoms with Crippen LogP contribution in [0.4, 0.5) is 4.39 Å². The van der Waals surface area contributed by atoms with E-state index < -0.39 is 0 Å². The van der Waals surface area contributed by atoms with E-state index in [1.807, 2.05) is 19.2 Å². The first-order chi connectivity index (χ1) is 8.31. The van der Waals surface area contributed by atoms with Gasteiger partial charge < -0.3 is 5.32 Å². The van der Waals surface area contributed by atoms with Gasteiger partial charge in [0.05, 0.1) is 0 Å². The first-order valence-corrected chi connectivity index (χ1v) is 6.62. The lowest BCUT2D eigenvalue weighted by atomic mass is 9.94. The highest BCUT2D eigenvalue weighted by atomic mass is 32.1. The summed E-state index contributed by atoms with van der Waals surface area (Å²) >= 11 is 1.76. The van der Waals surface area contributed by atoms with Crippen molar-refractivity contribution in [2.45, 2.75) is 12.3 Å². The van der Waals surface area contributed by atoms with Gasteiger partial charge in [-0.2, -0.15) is 0 Å². The van der Waals surface area contributed by atoms with Crippen LogP contribution in [0, 0.1) is 5.82 Å². The van der Waals surface area contributed by atoms with Gasteiger partial charge >= 0.3 is 0 Å². The van der Waals surface area contributed by atoms with Gasteiger partial charge in [-0.15, -0.1) is 11.3 Å². The third-order valence-electron chi connectivity index (χ3n) is 2.84. The molecule has 90 valence electrons. The van der Waals surface area contributed by atoms with Gasteiger partial charge in [-0.3, -0.25) is 0 Å². The standard InChI is InChI=1S/C14H16FNS/c1-16-9-8-13(14-3-2-10-17-14)11-4-6-12(15)7-5-11/h2-7,10,13,16H,8-9H2,1H3. The molecule has 0 bridgehead atoms. The molecule has 0 saturated heterocycles. The van der Waals surface area contributed by atoms with E-state index in [-0.39, 0.29) is 5.82 Å². The monoisotopic (exact) mass is 249 g/mol. The Kier molecular flexibility index (Phi) is 4.29. The van der Waals surface area contributed by atoms with Crippen LogP contribution < -0.4 is 5.32 Å². The first-order valence-electron chi connectivity index (χ1n) is 5.74. The minimum atomic E-state index is -0.174. The Morgan fingerprint density at radius 3 is 2.59 bits per heavy atom. The van der Waals surface area contributed by atoms with Gasteiger partial charge in [0.25, 0.3) is 0 Å². The normalized spacial score (nSPS) is 12.6. The molecular weight excluding hydrogens is 233 g/mol. The summed E-state index contributed by atoms with van der Waals surface area (Å²) in [6.07, 6.45) is 1.03. The van der Waals surface area contributed by atoms with Crippen molar-refractivity contribution in [3.8, 4) is 0 Å². The maximum absolute atomic E-state index is 12.9. The Hall–Kier alpha value is -1.19. The van der Waals surface area contributed by atoms with Crippen molar-refractivity contribution in [2.24, 2.45) is 0 Å². The van der Waals surface area contributed by atoms with Crippen LogP contribution in [0.15, 0.2) is 41.8 Å². The first kappa shape index (κ1) is 12.3. The van der Waals surface area contributed by atoms with Gasteiger partial charge in [-0.25, -0.2) is 4.39 Å². The fourth-order valence-corrected chi connectivity index (χ4v) is 2.84. The Labute approximate surface area is 105 Å². The molecule has 0 aliphatic carbocycles. The lowest BCUT2D eigenvalue weighted by Gasteiger charge is -2.15. The predicted molar refractivity (Wildman–Crippen MR) is 71.1 cm³/mol. The molecule has 1 atom stereocenters. The van der Waals surface area contributed by atoms with E-state index in [1.165, 1.54) is 22.6 Å². The van der Waals surface area contributed by atoms with E-state index in [4.69, 9.17) is 0 Å². The van der Waals surface area contributed by atoms with Crippen molar-refractivity contribution in [3.05, 3.63) is 58.0 Å². The van der Waals surface area contributed by atoms with Crippen LogP contribution in [-0.2, 0) is 0 Å². The number of benzene rings is 1. The molecular formula is C14H16FNS. The van der Waals surface area contributed by atoms with Crippen molar-refractivity contribution in [1.82, 2.24) is 5.32 Å². The maximum atomic E-state index is 12.9. The van der Waals surface area contributed by atoms with Crippen molar-refractivity contribution < 1.29 is 4.39 Å². The number of hydrogen-bond acceptors (Lipinski definition) is 2. The number of nitrogens with one attached hydrogen (secondary N) is 1. The summed E-state index contributed by atoms with van der Waals surface area (Å²) < 4.78 is 12.9. The van der Waals surface area contributed by atoms with Gasteiger partial charge in [0, 0.05) is 10.8 Å². The average molecular weight is 249 g/mol. The fourth-order valence-electron chi connectivity index (χ4n) is 1.95. The summed E-state index contributed by atoms with van der Waals surface area (Å²) in [5.41, 5.74) is 1.18. The molecule has 17 heavy (non-hydrogen) atoms. The minimum Gasteiger partial charge on any atom is -0.320 e. The summed E-state index contributed by atoms with van der Waals surface area (Å²) in [6, 6.07) is 11.1. The number of hydrogen-bond donors (Lipinski definition) is 1. The van der Waals surface area contributed by atoms with E-state index in [0.717, 1.165) is 13.0 Å². The number of halogens is 1. The molecule has 0 radical (unpaired) electrons. The maximum Gasteiger partial charge on any atom is 0.123 e. The van der Waals surface area contributed by atoms with E-state index in [0.29, 0.717) is 5.92 Å². The number of thiophene rings is 1. The van der Waals surface area contributed by atoms with Crippen molar-refractivity contribution in [3.63, 3.8) is 0 Å². The molecule has 3 heteroatoms. The molecule has 2 rings (SSSR count). The summed E-state index contributed by atoms with van der Waals surface area (Å²) in [5, 5.41) is 5.26. The Bertz CT molecular complexity index is 436. The highest BCUT2D eigenvalue weighted by Gasteiger charge is 2.14. The van der Waals surface area contributed by atoms with Crippen LogP contribution in [0.25, 0.3) is 0 Å². The minimum absolute atomic E-state index is 0.174. The second kappa shape index (κ2) is 5.94. The molecule has 1 aromatic heterocycles. The second-order valence-corrected chi connectivity index (χ2v) is 4.99. The summed E-state index contributed by atoms with van der Waals surface area (Å²) in [4.78, 5) is 1.34. The van der Waals surface area contributed by atoms with Crippen molar-refractivity contribution >= 4 is 11.3 Å².